The van der Waals surface area contributed by atoms with Gasteiger partial charge in [-0.3, -0.25) is 14.7 Å². The summed E-state index contributed by atoms with van der Waals surface area (Å²) in [6, 6.07) is 1.58. The molecular formula is C17H28N6O2. The van der Waals surface area contributed by atoms with Gasteiger partial charge in [-0.15, -0.1) is 0 Å². The van der Waals surface area contributed by atoms with Crippen molar-refractivity contribution in [2.75, 3.05) is 52.6 Å². The predicted molar refractivity (Wildman–Crippen MR) is 94.9 cm³/mol. The molecule has 0 aliphatic carbocycles. The monoisotopic (exact) mass is 348 g/mol. The normalized spacial score (nSPS) is 24.4. The van der Waals surface area contributed by atoms with Crippen LogP contribution in [0.3, 0.4) is 0 Å². The molecule has 2 aliphatic heterocycles. The Morgan fingerprint density at radius 2 is 2.20 bits per heavy atom. The summed E-state index contributed by atoms with van der Waals surface area (Å²) in [5.41, 5.74) is 6.06. The minimum Gasteiger partial charge on any atom is -0.382 e. The number of carbonyl (C=O) groups excluding carboxylic acids is 2. The maximum absolute atomic E-state index is 12.7. The van der Waals surface area contributed by atoms with Gasteiger partial charge in [0.1, 0.15) is 11.5 Å². The number of nitrogens with two attached hydrogens (primary N) is 1. The Kier molecular flexibility index (Phi) is 4.99. The molecular weight excluding hydrogens is 320 g/mol. The van der Waals surface area contributed by atoms with Crippen LogP contribution in [0.5, 0.6) is 0 Å². The van der Waals surface area contributed by atoms with Crippen LogP contribution in [0.15, 0.2) is 6.07 Å². The Hall–Kier alpha value is -2.09. The van der Waals surface area contributed by atoms with Gasteiger partial charge in [0.05, 0.1) is 0 Å². The van der Waals surface area contributed by atoms with Gasteiger partial charge in [-0.05, 0) is 33.4 Å². The standard InChI is InChI=1S/C17H28N6O2/c1-21(2)8-9-22-11-17(6-4-15(22)24)5-3-7-23(12-17)16(25)13-10-14(18)20-19-13/h10H,3-9,11-12H2,1-2H3,(H3,18,19,20)/t17-/m1/s1. The molecule has 2 fully saturated rings. The van der Waals surface area contributed by atoms with Gasteiger partial charge in [0.15, 0.2) is 0 Å². The van der Waals surface area contributed by atoms with Crippen molar-refractivity contribution in [1.82, 2.24) is 24.9 Å². The molecule has 3 N–H and O–H groups in total. The zero-order valence-corrected chi connectivity index (χ0v) is 15.1. The van der Waals surface area contributed by atoms with Crippen LogP contribution in [0.4, 0.5) is 5.82 Å². The summed E-state index contributed by atoms with van der Waals surface area (Å²) in [6.45, 7) is 3.78. The first-order valence-corrected chi connectivity index (χ1v) is 8.91. The average molecular weight is 348 g/mol. The highest BCUT2D eigenvalue weighted by atomic mass is 16.2. The molecule has 8 nitrogen and oxygen atoms in total. The summed E-state index contributed by atoms with van der Waals surface area (Å²) in [5, 5.41) is 6.55. The highest BCUT2D eigenvalue weighted by Gasteiger charge is 2.42. The lowest BCUT2D eigenvalue weighted by Crippen LogP contribution is -2.55. The van der Waals surface area contributed by atoms with Gasteiger partial charge in [-0.2, -0.15) is 5.10 Å². The summed E-state index contributed by atoms with van der Waals surface area (Å²) in [6.07, 6.45) is 3.46. The van der Waals surface area contributed by atoms with E-state index >= 15 is 0 Å². The molecule has 1 aromatic heterocycles. The van der Waals surface area contributed by atoms with Crippen molar-refractivity contribution in [3.05, 3.63) is 11.8 Å². The van der Waals surface area contributed by atoms with Gasteiger partial charge < -0.3 is 20.4 Å². The smallest absolute Gasteiger partial charge is 0.271 e. The van der Waals surface area contributed by atoms with Crippen LogP contribution in [-0.4, -0.2) is 83.5 Å². The number of aromatic amines is 1. The number of aromatic nitrogens is 2. The zero-order valence-electron chi connectivity index (χ0n) is 15.1. The van der Waals surface area contributed by atoms with Gasteiger partial charge in [0.2, 0.25) is 5.91 Å². The molecule has 0 radical (unpaired) electrons. The van der Waals surface area contributed by atoms with Gasteiger partial charge >= 0.3 is 0 Å². The quantitative estimate of drug-likeness (QED) is 0.821. The zero-order chi connectivity index (χ0) is 18.0. The van der Waals surface area contributed by atoms with E-state index in [1.165, 1.54) is 0 Å². The number of piperidine rings is 2. The first-order valence-electron chi connectivity index (χ1n) is 8.91. The van der Waals surface area contributed by atoms with E-state index in [0.29, 0.717) is 24.5 Å². The van der Waals surface area contributed by atoms with Gasteiger partial charge in [-0.1, -0.05) is 0 Å². The van der Waals surface area contributed by atoms with Crippen molar-refractivity contribution < 1.29 is 9.59 Å². The number of nitrogens with one attached hydrogen (secondary N) is 1. The first-order chi connectivity index (χ1) is 11.9. The van der Waals surface area contributed by atoms with Gasteiger partial charge in [0.25, 0.3) is 5.91 Å². The number of likely N-dealkylation sites (N-methyl/N-ethyl adjacent to an activating group) is 1. The lowest BCUT2D eigenvalue weighted by molar-refractivity contribution is -0.139. The molecule has 2 saturated heterocycles. The second-order valence-electron chi connectivity index (χ2n) is 7.66. The average Bonchev–Trinajstić information content (AvgIpc) is 3.02. The van der Waals surface area contributed by atoms with Crippen LogP contribution in [-0.2, 0) is 4.79 Å². The number of nitrogens with zero attached hydrogens (tertiary/aromatic N) is 4. The Morgan fingerprint density at radius 3 is 2.88 bits per heavy atom. The molecule has 1 aromatic rings. The molecule has 0 bridgehead atoms. The third-order valence-corrected chi connectivity index (χ3v) is 5.34. The van der Waals surface area contributed by atoms with Gasteiger partial charge in [0, 0.05) is 50.6 Å². The van der Waals surface area contributed by atoms with Crippen molar-refractivity contribution in [3.63, 3.8) is 0 Å². The Labute approximate surface area is 148 Å². The summed E-state index contributed by atoms with van der Waals surface area (Å²) < 4.78 is 0. The Bertz CT molecular complexity index is 643. The Morgan fingerprint density at radius 1 is 1.40 bits per heavy atom. The summed E-state index contributed by atoms with van der Waals surface area (Å²) in [5.74, 6) is 0.505. The highest BCUT2D eigenvalue weighted by molar-refractivity contribution is 5.93. The topological polar surface area (TPSA) is 98.6 Å². The van der Waals surface area contributed by atoms with E-state index in [1.54, 1.807) is 6.07 Å². The van der Waals surface area contributed by atoms with E-state index in [9.17, 15) is 9.59 Å². The molecule has 8 heteroatoms. The van der Waals surface area contributed by atoms with Crippen molar-refractivity contribution in [3.8, 4) is 0 Å². The molecule has 0 aromatic carbocycles. The number of nitrogen functional groups attached to an aromatic ring is 1. The van der Waals surface area contributed by atoms with Crippen LogP contribution in [0.2, 0.25) is 0 Å². The van der Waals surface area contributed by atoms with Gasteiger partial charge in [-0.25, -0.2) is 0 Å². The molecule has 1 spiro atoms. The number of anilines is 1. The fourth-order valence-electron chi connectivity index (χ4n) is 3.96. The van der Waals surface area contributed by atoms with E-state index < -0.39 is 0 Å². The van der Waals surface area contributed by atoms with E-state index in [1.807, 2.05) is 23.9 Å². The maximum Gasteiger partial charge on any atom is 0.271 e. The first kappa shape index (κ1) is 17.7. The number of carbonyl (C=O) groups is 2. The molecule has 3 heterocycles. The van der Waals surface area contributed by atoms with Crippen LogP contribution >= 0.6 is 0 Å². The molecule has 2 aliphatic rings. The number of hydrogen-bond acceptors (Lipinski definition) is 5. The van der Waals surface area contributed by atoms with E-state index in [0.717, 1.165) is 45.4 Å². The summed E-state index contributed by atoms with van der Waals surface area (Å²) >= 11 is 0. The van der Waals surface area contributed by atoms with E-state index in [-0.39, 0.29) is 17.2 Å². The van der Waals surface area contributed by atoms with Crippen molar-refractivity contribution in [2.24, 2.45) is 5.41 Å². The third kappa shape index (κ3) is 3.95. The van der Waals surface area contributed by atoms with Crippen LogP contribution in [0.25, 0.3) is 0 Å². The number of H-pyrrole nitrogens is 1. The number of likely N-dealkylation sites (tertiary alicyclic amines) is 2. The van der Waals surface area contributed by atoms with Crippen molar-refractivity contribution >= 4 is 17.6 Å². The maximum atomic E-state index is 12.7. The largest absolute Gasteiger partial charge is 0.382 e. The molecule has 1 atom stereocenters. The SMILES string of the molecule is CN(C)CCN1C[C@@]2(CCCN(C(=O)c3cc(N)n[nH]3)C2)CCC1=O. The van der Waals surface area contributed by atoms with E-state index in [2.05, 4.69) is 15.1 Å². The number of amides is 2. The summed E-state index contributed by atoms with van der Waals surface area (Å²) in [7, 11) is 4.03. The lowest BCUT2D eigenvalue weighted by Gasteiger charge is -2.48. The number of hydrogen-bond donors (Lipinski definition) is 2. The molecule has 138 valence electrons. The molecule has 0 saturated carbocycles. The minimum atomic E-state index is -0.0555. The lowest BCUT2D eigenvalue weighted by atomic mass is 9.73. The van der Waals surface area contributed by atoms with E-state index in [4.69, 9.17) is 5.73 Å². The fourth-order valence-corrected chi connectivity index (χ4v) is 3.96. The predicted octanol–water partition coefficient (Wildman–Crippen LogP) is 0.398. The van der Waals surface area contributed by atoms with Crippen molar-refractivity contribution in [1.29, 1.82) is 0 Å². The molecule has 2 amide bonds. The van der Waals surface area contributed by atoms with Crippen molar-refractivity contribution in [2.45, 2.75) is 25.7 Å². The second kappa shape index (κ2) is 7.03. The second-order valence-corrected chi connectivity index (χ2v) is 7.66. The highest BCUT2D eigenvalue weighted by Crippen LogP contribution is 2.39. The van der Waals surface area contributed by atoms with Crippen LogP contribution in [0.1, 0.15) is 36.2 Å². The molecule has 0 unspecified atom stereocenters. The van der Waals surface area contributed by atoms with Crippen LogP contribution in [0, 0.1) is 5.41 Å². The molecule has 25 heavy (non-hydrogen) atoms. The number of rotatable bonds is 4. The summed E-state index contributed by atoms with van der Waals surface area (Å²) in [4.78, 5) is 30.9. The minimum absolute atomic E-state index is 0.0136. The fraction of sp³-hybridized carbons (Fsp3) is 0.706. The van der Waals surface area contributed by atoms with Crippen LogP contribution < -0.4 is 5.73 Å². The Balaban J connectivity index is 1.68. The third-order valence-electron chi connectivity index (χ3n) is 5.34. The molecule has 3 rings (SSSR count).